The predicted molar refractivity (Wildman–Crippen MR) is 51.7 cm³/mol. The van der Waals surface area contributed by atoms with Crippen LogP contribution in [0.1, 0.15) is 12.5 Å². The van der Waals surface area contributed by atoms with Gasteiger partial charge in [0.15, 0.2) is 4.62 Å². The summed E-state index contributed by atoms with van der Waals surface area (Å²) < 4.78 is 9.39. The Morgan fingerprint density at radius 3 is 2.15 bits per heavy atom. The zero-order valence-electron chi connectivity index (χ0n) is 7.01. The van der Waals surface area contributed by atoms with Crippen molar-refractivity contribution in [3.8, 4) is 0 Å². The molecule has 0 saturated carbocycles. The van der Waals surface area contributed by atoms with Gasteiger partial charge in [0.25, 0.3) is 0 Å². The van der Waals surface area contributed by atoms with Crippen molar-refractivity contribution in [2.24, 2.45) is 0 Å². The van der Waals surface area contributed by atoms with Gasteiger partial charge in [-0.15, -0.1) is 11.6 Å². The van der Waals surface area contributed by atoms with Crippen molar-refractivity contribution < 1.29 is 14.4 Å². The van der Waals surface area contributed by atoms with Gasteiger partial charge >= 0.3 is 7.60 Å². The van der Waals surface area contributed by atoms with E-state index in [2.05, 4.69) is 0 Å². The van der Waals surface area contributed by atoms with Crippen LogP contribution < -0.4 is 0 Å². The Morgan fingerprint density at radius 1 is 1.31 bits per heavy atom. The summed E-state index contributed by atoms with van der Waals surface area (Å²) in [6.45, 7) is 1.31. The maximum absolute atomic E-state index is 11.0. The van der Waals surface area contributed by atoms with Gasteiger partial charge in [-0.05, 0) is 12.5 Å². The fourth-order valence-electron chi connectivity index (χ4n) is 0.911. The van der Waals surface area contributed by atoms with Crippen molar-refractivity contribution in [2.75, 3.05) is 0 Å². The van der Waals surface area contributed by atoms with E-state index in [1.54, 1.807) is 30.3 Å². The van der Waals surface area contributed by atoms with E-state index >= 15 is 0 Å². The first-order valence-corrected chi connectivity index (χ1v) is 5.65. The van der Waals surface area contributed by atoms with Crippen LogP contribution in [0.5, 0.6) is 0 Å². The van der Waals surface area contributed by atoms with Gasteiger partial charge in [-0.25, -0.2) is 0 Å². The van der Waals surface area contributed by atoms with Crippen LogP contribution in [-0.2, 0) is 9.18 Å². The van der Waals surface area contributed by atoms with Gasteiger partial charge in [0.1, 0.15) is 0 Å². The van der Waals surface area contributed by atoms with Gasteiger partial charge in [0, 0.05) is 0 Å². The van der Waals surface area contributed by atoms with Crippen molar-refractivity contribution in [3.05, 3.63) is 35.9 Å². The number of alkyl halides is 1. The highest BCUT2D eigenvalue weighted by atomic mass is 35.5. The molecule has 2 N–H and O–H groups in total. The Bertz CT molecular complexity index is 331. The Labute approximate surface area is 81.5 Å². The minimum atomic E-state index is -4.33. The maximum Gasteiger partial charge on any atom is 0.350 e. The lowest BCUT2D eigenvalue weighted by Crippen LogP contribution is -2.13. The summed E-state index contributed by atoms with van der Waals surface area (Å²) in [7, 11) is -4.33. The molecule has 1 aromatic rings. The topological polar surface area (TPSA) is 57.5 Å². The molecule has 0 saturated heterocycles. The molecule has 0 heterocycles. The van der Waals surface area contributed by atoms with E-state index in [4.69, 9.17) is 21.4 Å². The number of benzene rings is 1. The molecule has 0 aromatic heterocycles. The second kappa shape index (κ2) is 3.43. The van der Waals surface area contributed by atoms with Crippen molar-refractivity contribution in [3.63, 3.8) is 0 Å². The van der Waals surface area contributed by atoms with Gasteiger partial charge < -0.3 is 9.79 Å². The number of rotatable bonds is 2. The molecule has 1 atom stereocenters. The highest BCUT2D eigenvalue weighted by Crippen LogP contribution is 2.59. The van der Waals surface area contributed by atoms with Crippen molar-refractivity contribution in [1.82, 2.24) is 0 Å². The van der Waals surface area contributed by atoms with Crippen LogP contribution in [0, 0.1) is 0 Å². The number of hydrogen-bond acceptors (Lipinski definition) is 1. The van der Waals surface area contributed by atoms with Gasteiger partial charge in [-0.1, -0.05) is 30.3 Å². The maximum atomic E-state index is 11.0. The van der Waals surface area contributed by atoms with E-state index in [1.807, 2.05) is 0 Å². The second-order valence-electron chi connectivity index (χ2n) is 2.86. The molecule has 0 spiro atoms. The molecule has 0 amide bonds. The van der Waals surface area contributed by atoms with E-state index in [0.29, 0.717) is 5.56 Å². The molecule has 1 unspecified atom stereocenters. The molecule has 0 radical (unpaired) electrons. The molecule has 0 aliphatic carbocycles. The first-order valence-electron chi connectivity index (χ1n) is 3.66. The van der Waals surface area contributed by atoms with Gasteiger partial charge in [-0.3, -0.25) is 4.57 Å². The molecule has 0 bridgehead atoms. The fraction of sp³-hybridized carbons (Fsp3) is 0.250. The summed E-state index contributed by atoms with van der Waals surface area (Å²) in [5, 5.41) is 0. The van der Waals surface area contributed by atoms with Crippen LogP contribution in [0.4, 0.5) is 0 Å². The summed E-state index contributed by atoms with van der Waals surface area (Å²) in [5.41, 5.74) is 0.421. The normalized spacial score (nSPS) is 16.6. The van der Waals surface area contributed by atoms with Crippen LogP contribution in [0.25, 0.3) is 0 Å². The summed E-state index contributed by atoms with van der Waals surface area (Å²) in [5.74, 6) is 0. The smallest absolute Gasteiger partial charge is 0.323 e. The quantitative estimate of drug-likeness (QED) is 0.594. The third kappa shape index (κ3) is 2.12. The van der Waals surface area contributed by atoms with E-state index in [1.165, 1.54) is 6.92 Å². The highest BCUT2D eigenvalue weighted by Gasteiger charge is 2.41. The van der Waals surface area contributed by atoms with Gasteiger partial charge in [-0.2, -0.15) is 0 Å². The first-order chi connectivity index (χ1) is 5.86. The zero-order chi connectivity index (χ0) is 10.1. The van der Waals surface area contributed by atoms with E-state index in [0.717, 1.165) is 0 Å². The Kier molecular flexibility index (Phi) is 2.83. The molecular formula is C8H10ClO3P. The van der Waals surface area contributed by atoms with Crippen molar-refractivity contribution in [2.45, 2.75) is 11.5 Å². The lowest BCUT2D eigenvalue weighted by molar-refractivity contribution is 0.354. The van der Waals surface area contributed by atoms with Crippen molar-refractivity contribution in [1.29, 1.82) is 0 Å². The van der Waals surface area contributed by atoms with Crippen LogP contribution in [-0.4, -0.2) is 9.79 Å². The Balaban J connectivity index is 3.16. The molecule has 1 aromatic carbocycles. The van der Waals surface area contributed by atoms with Crippen LogP contribution in [0.2, 0.25) is 0 Å². The minimum Gasteiger partial charge on any atom is -0.323 e. The summed E-state index contributed by atoms with van der Waals surface area (Å²) in [6, 6.07) is 8.31. The monoisotopic (exact) mass is 220 g/mol. The molecule has 1 rings (SSSR count). The first kappa shape index (κ1) is 10.7. The molecular weight excluding hydrogens is 211 g/mol. The third-order valence-electron chi connectivity index (χ3n) is 1.85. The van der Waals surface area contributed by atoms with Crippen molar-refractivity contribution >= 4 is 19.2 Å². The molecule has 5 heteroatoms. The average Bonchev–Trinajstić information content (AvgIpc) is 2.04. The summed E-state index contributed by atoms with van der Waals surface area (Å²) >= 11 is 5.77. The predicted octanol–water partition coefficient (Wildman–Crippen LogP) is 2.28. The van der Waals surface area contributed by atoms with E-state index < -0.39 is 12.2 Å². The van der Waals surface area contributed by atoms with Gasteiger partial charge in [0.05, 0.1) is 0 Å². The van der Waals surface area contributed by atoms with E-state index in [-0.39, 0.29) is 0 Å². The summed E-state index contributed by atoms with van der Waals surface area (Å²) in [6.07, 6.45) is 0. The molecule has 72 valence electrons. The largest absolute Gasteiger partial charge is 0.350 e. The second-order valence-corrected chi connectivity index (χ2v) is 5.87. The standard InChI is InChI=1S/C8H10ClO3P/c1-8(9,13(10,11)12)7-5-3-2-4-6-7/h2-6H,1H3,(H2,10,11,12). The third-order valence-corrected chi connectivity index (χ3v) is 4.08. The Morgan fingerprint density at radius 2 is 1.77 bits per heavy atom. The molecule has 0 fully saturated rings. The van der Waals surface area contributed by atoms with Crippen LogP contribution in [0.15, 0.2) is 30.3 Å². The van der Waals surface area contributed by atoms with Crippen LogP contribution in [0.3, 0.4) is 0 Å². The molecule has 3 nitrogen and oxygen atoms in total. The number of hydrogen-bond donors (Lipinski definition) is 2. The molecule has 0 aliphatic heterocycles. The zero-order valence-corrected chi connectivity index (χ0v) is 8.66. The van der Waals surface area contributed by atoms with E-state index in [9.17, 15) is 4.57 Å². The molecule has 13 heavy (non-hydrogen) atoms. The van der Waals surface area contributed by atoms with Gasteiger partial charge in [0.2, 0.25) is 0 Å². The fourth-order valence-corrected chi connectivity index (χ4v) is 1.52. The van der Waals surface area contributed by atoms with Crippen LogP contribution >= 0.6 is 19.2 Å². The SMILES string of the molecule is CC(Cl)(c1ccccc1)P(=O)(O)O. The lowest BCUT2D eigenvalue weighted by Gasteiger charge is -2.23. The lowest BCUT2D eigenvalue weighted by atomic mass is 10.2. The minimum absolute atomic E-state index is 0.421. The average molecular weight is 221 g/mol. The molecule has 0 aliphatic rings. The number of halogens is 1. The Hall–Kier alpha value is -0.340. The highest BCUT2D eigenvalue weighted by molar-refractivity contribution is 7.55. The summed E-state index contributed by atoms with van der Waals surface area (Å²) in [4.78, 5) is 18.0.